The molecule has 1 saturated heterocycles. The number of aliphatic carboxylic acids is 1. The van der Waals surface area contributed by atoms with Crippen LogP contribution < -0.4 is 4.74 Å². The Kier molecular flexibility index (Phi) is 7.05. The third kappa shape index (κ3) is 5.17. The Labute approximate surface area is 191 Å². The van der Waals surface area contributed by atoms with Crippen LogP contribution in [0.4, 0.5) is 0 Å². The Morgan fingerprint density at radius 3 is 2.58 bits per heavy atom. The van der Waals surface area contributed by atoms with Gasteiger partial charge in [-0.1, -0.05) is 83.0 Å². The lowest BCUT2D eigenvalue weighted by Crippen LogP contribution is -2.46. The van der Waals surface area contributed by atoms with E-state index in [1.807, 2.05) is 66.7 Å². The van der Waals surface area contributed by atoms with Crippen molar-refractivity contribution < 1.29 is 14.6 Å². The van der Waals surface area contributed by atoms with Crippen molar-refractivity contribution in [3.63, 3.8) is 0 Å². The van der Waals surface area contributed by atoms with E-state index in [0.717, 1.165) is 46.3 Å². The topological polar surface area (TPSA) is 49.8 Å². The lowest BCUT2D eigenvalue weighted by atomic mass is 9.91. The van der Waals surface area contributed by atoms with Crippen LogP contribution in [0.1, 0.15) is 42.0 Å². The Hall–Kier alpha value is -2.63. The minimum atomic E-state index is -0.756. The van der Waals surface area contributed by atoms with Gasteiger partial charge in [0.05, 0.1) is 6.04 Å². The minimum Gasteiger partial charge on any atom is -0.489 e. The first-order valence-electron chi connectivity index (χ1n) is 10.6. The van der Waals surface area contributed by atoms with Gasteiger partial charge in [-0.25, -0.2) is 0 Å². The van der Waals surface area contributed by atoms with Crippen molar-refractivity contribution in [2.75, 3.05) is 6.54 Å². The number of halogens is 1. The van der Waals surface area contributed by atoms with E-state index in [1.54, 1.807) is 0 Å². The van der Waals surface area contributed by atoms with Gasteiger partial charge in [0.25, 0.3) is 0 Å². The van der Waals surface area contributed by atoms with Gasteiger partial charge < -0.3 is 9.84 Å². The summed E-state index contributed by atoms with van der Waals surface area (Å²) in [5.41, 5.74) is 3.21. The second kappa shape index (κ2) is 10.1. The van der Waals surface area contributed by atoms with Crippen LogP contribution in [-0.2, 0) is 11.4 Å². The number of hydrogen-bond donors (Lipinski definition) is 1. The molecule has 4 rings (SSSR count). The molecule has 0 aliphatic carbocycles. The molecule has 4 nitrogen and oxygen atoms in total. The standard InChI is InChI=1S/C26H26BrNO3/c27-23-14-5-4-13-22(23)25(28-16-7-6-15-24(28)26(29)30)20-11-8-12-21(17-20)31-18-19-9-2-1-3-10-19/h1-5,8-14,17,24-25H,6-7,15-16,18H2,(H,29,30). The second-order valence-corrected chi connectivity index (χ2v) is 8.71. The third-order valence-electron chi connectivity index (χ3n) is 5.78. The van der Waals surface area contributed by atoms with Crippen molar-refractivity contribution in [2.24, 2.45) is 0 Å². The zero-order valence-electron chi connectivity index (χ0n) is 17.3. The number of carbonyl (C=O) groups is 1. The van der Waals surface area contributed by atoms with Crippen molar-refractivity contribution in [3.05, 3.63) is 100 Å². The maximum Gasteiger partial charge on any atom is 0.320 e. The van der Waals surface area contributed by atoms with Crippen LogP contribution in [0.5, 0.6) is 5.75 Å². The largest absolute Gasteiger partial charge is 0.489 e. The molecule has 1 N–H and O–H groups in total. The molecule has 1 aliphatic heterocycles. The van der Waals surface area contributed by atoms with E-state index in [0.29, 0.717) is 13.0 Å². The van der Waals surface area contributed by atoms with Crippen molar-refractivity contribution >= 4 is 21.9 Å². The van der Waals surface area contributed by atoms with Gasteiger partial charge in [0.1, 0.15) is 18.4 Å². The van der Waals surface area contributed by atoms with Crippen LogP contribution in [-0.4, -0.2) is 28.6 Å². The van der Waals surface area contributed by atoms with E-state index < -0.39 is 12.0 Å². The molecule has 3 aromatic rings. The Balaban J connectivity index is 1.68. The highest BCUT2D eigenvalue weighted by atomic mass is 79.9. The third-order valence-corrected chi connectivity index (χ3v) is 6.51. The summed E-state index contributed by atoms with van der Waals surface area (Å²) < 4.78 is 7.04. The number of piperidine rings is 1. The molecule has 1 heterocycles. The summed E-state index contributed by atoms with van der Waals surface area (Å²) in [6, 6.07) is 25.5. The number of ether oxygens (including phenoxy) is 1. The summed E-state index contributed by atoms with van der Waals surface area (Å²) in [5.74, 6) is 0.0236. The van der Waals surface area contributed by atoms with Crippen molar-refractivity contribution in [3.8, 4) is 5.75 Å². The molecule has 2 unspecified atom stereocenters. The first-order valence-corrected chi connectivity index (χ1v) is 11.4. The predicted octanol–water partition coefficient (Wildman–Crippen LogP) is 6.06. The molecule has 1 fully saturated rings. The zero-order chi connectivity index (χ0) is 21.6. The van der Waals surface area contributed by atoms with Crippen molar-refractivity contribution in [2.45, 2.75) is 38.0 Å². The molecule has 0 amide bonds. The second-order valence-electron chi connectivity index (χ2n) is 7.86. The normalized spacial score (nSPS) is 17.8. The van der Waals surface area contributed by atoms with Crippen LogP contribution in [0.25, 0.3) is 0 Å². The average molecular weight is 480 g/mol. The summed E-state index contributed by atoms with van der Waals surface area (Å²) in [6.45, 7) is 1.24. The van der Waals surface area contributed by atoms with Gasteiger partial charge in [-0.05, 0) is 54.3 Å². The molecule has 160 valence electrons. The van der Waals surface area contributed by atoms with Crippen LogP contribution in [0.3, 0.4) is 0 Å². The molecule has 5 heteroatoms. The number of nitrogens with zero attached hydrogens (tertiary/aromatic N) is 1. The molecule has 0 saturated carbocycles. The van der Waals surface area contributed by atoms with Gasteiger partial charge in [-0.2, -0.15) is 0 Å². The van der Waals surface area contributed by atoms with Crippen LogP contribution in [0.2, 0.25) is 0 Å². The Bertz CT molecular complexity index is 1020. The predicted molar refractivity (Wildman–Crippen MR) is 125 cm³/mol. The van der Waals surface area contributed by atoms with Crippen LogP contribution in [0.15, 0.2) is 83.3 Å². The summed E-state index contributed by atoms with van der Waals surface area (Å²) in [4.78, 5) is 14.2. The highest BCUT2D eigenvalue weighted by Gasteiger charge is 2.35. The number of hydrogen-bond acceptors (Lipinski definition) is 3. The molecule has 0 aromatic heterocycles. The van der Waals surface area contributed by atoms with Crippen LogP contribution >= 0.6 is 15.9 Å². The molecule has 0 spiro atoms. The van der Waals surface area contributed by atoms with Gasteiger partial charge >= 0.3 is 5.97 Å². The number of rotatable bonds is 7. The van der Waals surface area contributed by atoms with Crippen molar-refractivity contribution in [1.29, 1.82) is 0 Å². The van der Waals surface area contributed by atoms with E-state index in [2.05, 4.69) is 33.0 Å². The summed E-state index contributed by atoms with van der Waals surface area (Å²) in [7, 11) is 0. The van der Waals surface area contributed by atoms with Crippen molar-refractivity contribution in [1.82, 2.24) is 4.90 Å². The smallest absolute Gasteiger partial charge is 0.320 e. The highest BCUT2D eigenvalue weighted by Crippen LogP contribution is 2.38. The zero-order valence-corrected chi connectivity index (χ0v) is 18.9. The molecule has 3 aromatic carbocycles. The first kappa shape index (κ1) is 21.6. The molecule has 1 aliphatic rings. The average Bonchev–Trinajstić information content (AvgIpc) is 2.80. The van der Waals surface area contributed by atoms with Gasteiger partial charge in [-0.3, -0.25) is 9.69 Å². The van der Waals surface area contributed by atoms with E-state index in [9.17, 15) is 9.90 Å². The monoisotopic (exact) mass is 479 g/mol. The summed E-state index contributed by atoms with van der Waals surface area (Å²) in [6.07, 6.45) is 2.60. The highest BCUT2D eigenvalue weighted by molar-refractivity contribution is 9.10. The molecular formula is C26H26BrNO3. The fraction of sp³-hybridized carbons (Fsp3) is 0.269. The number of carboxylic acids is 1. The molecule has 31 heavy (non-hydrogen) atoms. The fourth-order valence-electron chi connectivity index (χ4n) is 4.29. The first-order chi connectivity index (χ1) is 15.1. The lowest BCUT2D eigenvalue weighted by molar-refractivity contribution is -0.145. The van der Waals surface area contributed by atoms with E-state index in [-0.39, 0.29) is 6.04 Å². The minimum absolute atomic E-state index is 0.169. The van der Waals surface area contributed by atoms with E-state index in [4.69, 9.17) is 4.74 Å². The number of carboxylic acid groups (broad SMARTS) is 1. The Morgan fingerprint density at radius 2 is 1.81 bits per heavy atom. The lowest BCUT2D eigenvalue weighted by Gasteiger charge is -2.40. The molecule has 0 bridgehead atoms. The SMILES string of the molecule is O=C(O)C1CCCCN1C(c1cccc(OCc2ccccc2)c1)c1ccccc1Br. The molecule has 0 radical (unpaired) electrons. The van der Waals surface area contributed by atoms with Gasteiger partial charge in [-0.15, -0.1) is 0 Å². The number of benzene rings is 3. The number of likely N-dealkylation sites (tertiary alicyclic amines) is 1. The quantitative estimate of drug-likeness (QED) is 0.447. The van der Waals surface area contributed by atoms with E-state index in [1.165, 1.54) is 0 Å². The maximum absolute atomic E-state index is 12.1. The van der Waals surface area contributed by atoms with Gasteiger partial charge in [0, 0.05) is 4.47 Å². The summed E-state index contributed by atoms with van der Waals surface area (Å²) in [5, 5.41) is 9.91. The van der Waals surface area contributed by atoms with Gasteiger partial charge in [0.15, 0.2) is 0 Å². The van der Waals surface area contributed by atoms with E-state index >= 15 is 0 Å². The molecular weight excluding hydrogens is 454 g/mol. The summed E-state index contributed by atoms with van der Waals surface area (Å²) >= 11 is 3.69. The maximum atomic E-state index is 12.1. The Morgan fingerprint density at radius 1 is 1.03 bits per heavy atom. The molecule has 2 atom stereocenters. The fourth-order valence-corrected chi connectivity index (χ4v) is 4.79. The van der Waals surface area contributed by atoms with Gasteiger partial charge in [0.2, 0.25) is 0 Å². The van der Waals surface area contributed by atoms with Crippen LogP contribution in [0, 0.1) is 0 Å².